The zero-order chi connectivity index (χ0) is 16.7. The van der Waals surface area contributed by atoms with E-state index in [0.717, 1.165) is 17.3 Å². The van der Waals surface area contributed by atoms with Gasteiger partial charge in [0.2, 0.25) is 0 Å². The van der Waals surface area contributed by atoms with Crippen LogP contribution in [0.2, 0.25) is 0 Å². The van der Waals surface area contributed by atoms with Gasteiger partial charge in [-0.15, -0.1) is 24.0 Å². The number of hydrogen-bond acceptors (Lipinski definition) is 3. The number of benzene rings is 1. The van der Waals surface area contributed by atoms with E-state index in [4.69, 9.17) is 4.52 Å². The van der Waals surface area contributed by atoms with Crippen LogP contribution in [0.25, 0.3) is 0 Å². The van der Waals surface area contributed by atoms with E-state index in [9.17, 15) is 8.78 Å². The lowest BCUT2D eigenvalue weighted by atomic mass is 10.0. The molecule has 2 rings (SSSR count). The second-order valence-corrected chi connectivity index (χ2v) is 5.14. The monoisotopic (exact) mass is 450 g/mol. The van der Waals surface area contributed by atoms with Crippen LogP contribution < -0.4 is 10.6 Å². The Morgan fingerprint density at radius 1 is 1.25 bits per heavy atom. The molecule has 2 N–H and O–H groups in total. The fraction of sp³-hybridized carbons (Fsp3) is 0.375. The smallest absolute Gasteiger partial charge is 0.191 e. The van der Waals surface area contributed by atoms with Gasteiger partial charge in [0, 0.05) is 19.2 Å². The zero-order valence-electron chi connectivity index (χ0n) is 13.6. The van der Waals surface area contributed by atoms with Gasteiger partial charge in [-0.25, -0.2) is 13.8 Å². The van der Waals surface area contributed by atoms with Crippen molar-refractivity contribution in [2.45, 2.75) is 26.3 Å². The molecule has 2 aromatic rings. The van der Waals surface area contributed by atoms with E-state index in [1.165, 1.54) is 12.3 Å². The number of rotatable bonds is 6. The second-order valence-electron chi connectivity index (χ2n) is 5.14. The molecule has 0 aliphatic rings. The van der Waals surface area contributed by atoms with Gasteiger partial charge in [-0.3, -0.25) is 0 Å². The van der Waals surface area contributed by atoms with Crippen LogP contribution in [0.15, 0.2) is 40.0 Å². The molecule has 0 fully saturated rings. The molecule has 0 amide bonds. The Morgan fingerprint density at radius 2 is 2.04 bits per heavy atom. The van der Waals surface area contributed by atoms with Crippen LogP contribution in [0.3, 0.4) is 0 Å². The topological polar surface area (TPSA) is 62.5 Å². The molecule has 1 aromatic carbocycles. The standard InChI is InChI=1S/C16H20F2N4O.HI/c1-3-19-16(21-10-13-6-7-23-22-13)20-9-11(2)12-4-5-14(17)15(18)8-12;/h4-8,11H,3,9-10H2,1-2H3,(H2,19,20,21);1H. The van der Waals surface area contributed by atoms with Gasteiger partial charge < -0.3 is 15.2 Å². The van der Waals surface area contributed by atoms with E-state index in [2.05, 4.69) is 20.8 Å². The average Bonchev–Trinajstić information content (AvgIpc) is 3.06. The summed E-state index contributed by atoms with van der Waals surface area (Å²) in [5.74, 6) is -1.04. The Morgan fingerprint density at radius 3 is 2.67 bits per heavy atom. The molecule has 8 heteroatoms. The van der Waals surface area contributed by atoms with Crippen molar-refractivity contribution in [1.82, 2.24) is 15.8 Å². The molecule has 0 aliphatic heterocycles. The van der Waals surface area contributed by atoms with Gasteiger partial charge in [-0.2, -0.15) is 0 Å². The summed E-state index contributed by atoms with van der Waals surface area (Å²) in [5, 5.41) is 10.1. The minimum absolute atomic E-state index is 0. The van der Waals surface area contributed by atoms with Gasteiger partial charge in [0.25, 0.3) is 0 Å². The molecule has 1 aromatic heterocycles. The maximum atomic E-state index is 13.3. The van der Waals surface area contributed by atoms with Crippen molar-refractivity contribution < 1.29 is 13.3 Å². The highest BCUT2D eigenvalue weighted by molar-refractivity contribution is 14.0. The summed E-state index contributed by atoms with van der Waals surface area (Å²) in [5.41, 5.74) is 1.46. The predicted octanol–water partition coefficient (Wildman–Crippen LogP) is 3.43. The summed E-state index contributed by atoms with van der Waals surface area (Å²) in [6.07, 6.45) is 1.50. The van der Waals surface area contributed by atoms with E-state index >= 15 is 0 Å². The van der Waals surface area contributed by atoms with Crippen molar-refractivity contribution in [1.29, 1.82) is 0 Å². The number of aliphatic imine (C=N–C) groups is 1. The number of guanidine groups is 1. The third-order valence-corrected chi connectivity index (χ3v) is 3.32. The molecular formula is C16H21F2IN4O. The largest absolute Gasteiger partial charge is 0.364 e. The first-order valence-electron chi connectivity index (χ1n) is 7.46. The number of halogens is 3. The molecule has 1 unspecified atom stereocenters. The normalized spacial score (nSPS) is 12.4. The molecule has 1 atom stereocenters. The fourth-order valence-electron chi connectivity index (χ4n) is 2.01. The first-order chi connectivity index (χ1) is 11.1. The molecule has 132 valence electrons. The SMILES string of the molecule is CCNC(=NCc1ccon1)NCC(C)c1ccc(F)c(F)c1.I. The van der Waals surface area contributed by atoms with Crippen LogP contribution in [0.1, 0.15) is 31.0 Å². The highest BCUT2D eigenvalue weighted by atomic mass is 127. The molecule has 0 saturated heterocycles. The van der Waals surface area contributed by atoms with Crippen LogP contribution in [0.4, 0.5) is 8.78 Å². The van der Waals surface area contributed by atoms with E-state index < -0.39 is 11.6 Å². The highest BCUT2D eigenvalue weighted by Gasteiger charge is 2.10. The molecule has 0 spiro atoms. The maximum absolute atomic E-state index is 13.3. The Balaban J connectivity index is 0.00000288. The van der Waals surface area contributed by atoms with Gasteiger partial charge in [-0.05, 0) is 30.5 Å². The molecule has 0 aliphatic carbocycles. The average molecular weight is 450 g/mol. The number of nitrogens with zero attached hydrogens (tertiary/aromatic N) is 2. The second kappa shape index (κ2) is 10.2. The van der Waals surface area contributed by atoms with Crippen LogP contribution >= 0.6 is 24.0 Å². The first-order valence-corrected chi connectivity index (χ1v) is 7.46. The van der Waals surface area contributed by atoms with E-state index in [-0.39, 0.29) is 29.9 Å². The Labute approximate surface area is 156 Å². The van der Waals surface area contributed by atoms with Gasteiger partial charge in [0.05, 0.1) is 6.54 Å². The Kier molecular flexibility index (Phi) is 8.66. The summed E-state index contributed by atoms with van der Waals surface area (Å²) >= 11 is 0. The summed E-state index contributed by atoms with van der Waals surface area (Å²) in [6.45, 7) is 5.54. The van der Waals surface area contributed by atoms with Crippen molar-refractivity contribution in [3.63, 3.8) is 0 Å². The minimum Gasteiger partial charge on any atom is -0.364 e. The summed E-state index contributed by atoms with van der Waals surface area (Å²) in [6, 6.07) is 5.70. The van der Waals surface area contributed by atoms with Crippen LogP contribution in [0.5, 0.6) is 0 Å². The van der Waals surface area contributed by atoms with Gasteiger partial charge >= 0.3 is 0 Å². The Bertz CT molecular complexity index is 650. The zero-order valence-corrected chi connectivity index (χ0v) is 15.9. The summed E-state index contributed by atoms with van der Waals surface area (Å²) in [4.78, 5) is 4.39. The van der Waals surface area contributed by atoms with Gasteiger partial charge in [-0.1, -0.05) is 18.1 Å². The lowest BCUT2D eigenvalue weighted by molar-refractivity contribution is 0.412. The van der Waals surface area contributed by atoms with Crippen molar-refractivity contribution in [3.8, 4) is 0 Å². The van der Waals surface area contributed by atoms with Crippen LogP contribution in [0, 0.1) is 11.6 Å². The predicted molar refractivity (Wildman–Crippen MR) is 99.5 cm³/mol. The van der Waals surface area contributed by atoms with Gasteiger partial charge in [0.15, 0.2) is 17.6 Å². The quantitative estimate of drug-likeness (QED) is 0.402. The van der Waals surface area contributed by atoms with Crippen molar-refractivity contribution in [2.75, 3.05) is 13.1 Å². The van der Waals surface area contributed by atoms with E-state index in [0.29, 0.717) is 25.6 Å². The highest BCUT2D eigenvalue weighted by Crippen LogP contribution is 2.17. The van der Waals surface area contributed by atoms with E-state index in [1.54, 1.807) is 12.1 Å². The Hall–Kier alpha value is -1.71. The maximum Gasteiger partial charge on any atom is 0.191 e. The number of aromatic nitrogens is 1. The fourth-order valence-corrected chi connectivity index (χ4v) is 2.01. The van der Waals surface area contributed by atoms with Crippen molar-refractivity contribution in [2.24, 2.45) is 4.99 Å². The third kappa shape index (κ3) is 6.06. The van der Waals surface area contributed by atoms with Crippen LogP contribution in [-0.4, -0.2) is 24.2 Å². The lowest BCUT2D eigenvalue weighted by Crippen LogP contribution is -2.39. The van der Waals surface area contributed by atoms with Crippen molar-refractivity contribution >= 4 is 29.9 Å². The molecule has 0 radical (unpaired) electrons. The minimum atomic E-state index is -0.837. The molecule has 0 bridgehead atoms. The third-order valence-electron chi connectivity index (χ3n) is 3.32. The molecular weight excluding hydrogens is 429 g/mol. The van der Waals surface area contributed by atoms with E-state index in [1.807, 2.05) is 13.8 Å². The lowest BCUT2D eigenvalue weighted by Gasteiger charge is -2.16. The molecule has 24 heavy (non-hydrogen) atoms. The molecule has 0 saturated carbocycles. The first kappa shape index (κ1) is 20.3. The number of nitrogens with one attached hydrogen (secondary N) is 2. The van der Waals surface area contributed by atoms with Crippen LogP contribution in [-0.2, 0) is 6.54 Å². The van der Waals surface area contributed by atoms with Gasteiger partial charge in [0.1, 0.15) is 12.0 Å². The summed E-state index contributed by atoms with van der Waals surface area (Å²) < 4.78 is 31.0. The summed E-state index contributed by atoms with van der Waals surface area (Å²) in [7, 11) is 0. The molecule has 1 heterocycles. The molecule has 5 nitrogen and oxygen atoms in total. The number of hydrogen-bond donors (Lipinski definition) is 2. The van der Waals surface area contributed by atoms with Crippen molar-refractivity contribution in [3.05, 3.63) is 53.4 Å².